The van der Waals surface area contributed by atoms with Crippen LogP contribution in [0.15, 0.2) is 12.3 Å². The number of aryl methyl sites for hydroxylation is 1. The van der Waals surface area contributed by atoms with Crippen molar-refractivity contribution in [3.8, 4) is 0 Å². The molecule has 0 aliphatic carbocycles. The molecule has 0 fully saturated rings. The van der Waals surface area contributed by atoms with E-state index in [1.54, 1.807) is 20.2 Å². The number of carboxylic acid groups (broad SMARTS) is 1. The molecule has 4 nitrogen and oxygen atoms in total. The van der Waals surface area contributed by atoms with Gasteiger partial charge < -0.3 is 14.8 Å². The van der Waals surface area contributed by atoms with Gasteiger partial charge in [-0.1, -0.05) is 0 Å². The van der Waals surface area contributed by atoms with Crippen LogP contribution >= 0.6 is 0 Å². The van der Waals surface area contributed by atoms with Crippen LogP contribution in [-0.2, 0) is 7.05 Å². The summed E-state index contributed by atoms with van der Waals surface area (Å²) in [7, 11) is 1.63. The minimum absolute atomic E-state index is 0.186. The highest BCUT2D eigenvalue weighted by atomic mass is 16.4. The Bertz CT molecular complexity index is 301. The lowest BCUT2D eigenvalue weighted by atomic mass is 10.2. The van der Waals surface area contributed by atoms with Crippen molar-refractivity contribution in [3.63, 3.8) is 0 Å². The lowest BCUT2D eigenvalue weighted by Gasteiger charge is -1.96. The maximum atomic E-state index is 10.6. The Morgan fingerprint density at radius 1 is 1.67 bits per heavy atom. The van der Waals surface area contributed by atoms with E-state index in [4.69, 9.17) is 10.2 Å². The molecule has 66 valence electrons. The third-order valence-corrected chi connectivity index (χ3v) is 1.73. The van der Waals surface area contributed by atoms with E-state index in [1.165, 1.54) is 10.6 Å². The van der Waals surface area contributed by atoms with Gasteiger partial charge >= 0.3 is 5.97 Å². The van der Waals surface area contributed by atoms with Crippen molar-refractivity contribution in [2.45, 2.75) is 13.0 Å². The van der Waals surface area contributed by atoms with Crippen LogP contribution in [0.3, 0.4) is 0 Å². The molecule has 0 aliphatic rings. The van der Waals surface area contributed by atoms with E-state index in [0.29, 0.717) is 5.56 Å². The van der Waals surface area contributed by atoms with Gasteiger partial charge in [-0.3, -0.25) is 0 Å². The highest BCUT2D eigenvalue weighted by Crippen LogP contribution is 2.14. The highest BCUT2D eigenvalue weighted by molar-refractivity contribution is 5.86. The summed E-state index contributed by atoms with van der Waals surface area (Å²) in [6.45, 7) is 1.60. The molecule has 1 atom stereocenters. The molecule has 2 N–H and O–H groups in total. The van der Waals surface area contributed by atoms with Crippen LogP contribution in [0.5, 0.6) is 0 Å². The van der Waals surface area contributed by atoms with Crippen molar-refractivity contribution in [2.24, 2.45) is 7.05 Å². The van der Waals surface area contributed by atoms with Gasteiger partial charge in [0.05, 0.1) is 6.10 Å². The van der Waals surface area contributed by atoms with Crippen molar-refractivity contribution in [3.05, 3.63) is 23.5 Å². The minimum Gasteiger partial charge on any atom is -0.477 e. The molecule has 0 amide bonds. The number of hydrogen-bond acceptors (Lipinski definition) is 2. The van der Waals surface area contributed by atoms with Gasteiger partial charge in [-0.15, -0.1) is 0 Å². The molecule has 1 rings (SSSR count). The molecule has 0 unspecified atom stereocenters. The van der Waals surface area contributed by atoms with E-state index in [2.05, 4.69) is 0 Å². The normalized spacial score (nSPS) is 12.9. The molecule has 0 aromatic carbocycles. The summed E-state index contributed by atoms with van der Waals surface area (Å²) < 4.78 is 1.48. The second kappa shape index (κ2) is 2.98. The molecule has 1 aromatic rings. The van der Waals surface area contributed by atoms with E-state index >= 15 is 0 Å². The first-order chi connectivity index (χ1) is 5.52. The van der Waals surface area contributed by atoms with Gasteiger partial charge in [-0.25, -0.2) is 4.79 Å². The Hall–Kier alpha value is -1.29. The first-order valence-corrected chi connectivity index (χ1v) is 3.60. The Morgan fingerprint density at radius 3 is 2.50 bits per heavy atom. The number of aliphatic hydroxyl groups excluding tert-OH is 1. The molecule has 0 radical (unpaired) electrons. The van der Waals surface area contributed by atoms with E-state index in [9.17, 15) is 4.79 Å². The van der Waals surface area contributed by atoms with Crippen LogP contribution in [0.2, 0.25) is 0 Å². The largest absolute Gasteiger partial charge is 0.477 e. The summed E-state index contributed by atoms with van der Waals surface area (Å²) in [6, 6.07) is 1.47. The zero-order chi connectivity index (χ0) is 9.30. The van der Waals surface area contributed by atoms with Gasteiger partial charge in [0, 0.05) is 13.2 Å². The zero-order valence-corrected chi connectivity index (χ0v) is 6.98. The molecule has 1 heterocycles. The number of carbonyl (C=O) groups is 1. The fraction of sp³-hybridized carbons (Fsp3) is 0.375. The molecule has 0 bridgehead atoms. The standard InChI is InChI=1S/C8H11NO3/c1-5(10)6-3-7(8(11)12)9(2)4-6/h3-5,10H,1-2H3,(H,11,12)/t5-/m1/s1. The minimum atomic E-state index is -0.982. The van der Waals surface area contributed by atoms with Crippen LogP contribution < -0.4 is 0 Å². The van der Waals surface area contributed by atoms with Gasteiger partial charge in [0.25, 0.3) is 0 Å². The molecule has 4 heteroatoms. The quantitative estimate of drug-likeness (QED) is 0.687. The molecule has 0 spiro atoms. The van der Waals surface area contributed by atoms with Gasteiger partial charge in [0.1, 0.15) is 5.69 Å². The smallest absolute Gasteiger partial charge is 0.352 e. The number of aliphatic hydroxyl groups is 1. The van der Waals surface area contributed by atoms with Crippen LogP contribution in [-0.4, -0.2) is 20.7 Å². The predicted molar refractivity (Wildman–Crippen MR) is 43.0 cm³/mol. The number of rotatable bonds is 2. The van der Waals surface area contributed by atoms with Crippen LogP contribution in [0.4, 0.5) is 0 Å². The van der Waals surface area contributed by atoms with Crippen LogP contribution in [0, 0.1) is 0 Å². The Morgan fingerprint density at radius 2 is 2.25 bits per heavy atom. The first-order valence-electron chi connectivity index (χ1n) is 3.60. The van der Waals surface area contributed by atoms with Crippen molar-refractivity contribution >= 4 is 5.97 Å². The topological polar surface area (TPSA) is 62.5 Å². The van der Waals surface area contributed by atoms with Gasteiger partial charge in [-0.05, 0) is 18.6 Å². The third kappa shape index (κ3) is 1.48. The van der Waals surface area contributed by atoms with Crippen molar-refractivity contribution in [2.75, 3.05) is 0 Å². The second-order valence-corrected chi connectivity index (χ2v) is 2.75. The highest BCUT2D eigenvalue weighted by Gasteiger charge is 2.11. The number of aromatic nitrogens is 1. The molecular formula is C8H11NO3. The lowest BCUT2D eigenvalue weighted by molar-refractivity contribution is 0.0686. The number of aromatic carboxylic acids is 1. The predicted octanol–water partition coefficient (Wildman–Crippen LogP) is 0.777. The molecule has 0 aliphatic heterocycles. The maximum absolute atomic E-state index is 10.6. The third-order valence-electron chi connectivity index (χ3n) is 1.73. The van der Waals surface area contributed by atoms with Crippen molar-refractivity contribution < 1.29 is 15.0 Å². The number of hydrogen-bond donors (Lipinski definition) is 2. The Balaban J connectivity index is 3.09. The number of carboxylic acids is 1. The number of nitrogens with zero attached hydrogens (tertiary/aromatic N) is 1. The average Bonchev–Trinajstić information content (AvgIpc) is 2.30. The van der Waals surface area contributed by atoms with E-state index < -0.39 is 12.1 Å². The average molecular weight is 169 g/mol. The molecular weight excluding hydrogens is 158 g/mol. The van der Waals surface area contributed by atoms with E-state index in [1.807, 2.05) is 0 Å². The van der Waals surface area contributed by atoms with Crippen molar-refractivity contribution in [1.82, 2.24) is 4.57 Å². The summed E-state index contributed by atoms with van der Waals surface area (Å²) in [5.41, 5.74) is 0.806. The van der Waals surface area contributed by atoms with Crippen LogP contribution in [0.25, 0.3) is 0 Å². The molecule has 1 aromatic heterocycles. The molecule has 0 saturated heterocycles. The second-order valence-electron chi connectivity index (χ2n) is 2.75. The molecule has 0 saturated carbocycles. The van der Waals surface area contributed by atoms with Gasteiger partial charge in [-0.2, -0.15) is 0 Å². The summed E-state index contributed by atoms with van der Waals surface area (Å²) >= 11 is 0. The summed E-state index contributed by atoms with van der Waals surface area (Å²) in [6.07, 6.45) is 0.984. The van der Waals surface area contributed by atoms with Crippen LogP contribution in [0.1, 0.15) is 29.1 Å². The summed E-state index contributed by atoms with van der Waals surface area (Å²) in [5, 5.41) is 17.8. The lowest BCUT2D eigenvalue weighted by Crippen LogP contribution is -2.02. The fourth-order valence-electron chi connectivity index (χ4n) is 1.03. The van der Waals surface area contributed by atoms with Gasteiger partial charge in [0.2, 0.25) is 0 Å². The van der Waals surface area contributed by atoms with Gasteiger partial charge in [0.15, 0.2) is 0 Å². The Kier molecular flexibility index (Phi) is 2.19. The zero-order valence-electron chi connectivity index (χ0n) is 6.98. The summed E-state index contributed by atoms with van der Waals surface area (Å²) in [5.74, 6) is -0.982. The fourth-order valence-corrected chi connectivity index (χ4v) is 1.03. The monoisotopic (exact) mass is 169 g/mol. The van der Waals surface area contributed by atoms with E-state index in [0.717, 1.165) is 0 Å². The molecule has 12 heavy (non-hydrogen) atoms. The first kappa shape index (κ1) is 8.80. The SMILES string of the molecule is C[C@@H](O)c1cc(C(=O)O)n(C)c1. The summed E-state index contributed by atoms with van der Waals surface area (Å²) in [4.78, 5) is 10.6. The Labute approximate surface area is 70.1 Å². The maximum Gasteiger partial charge on any atom is 0.352 e. The van der Waals surface area contributed by atoms with E-state index in [-0.39, 0.29) is 5.69 Å². The van der Waals surface area contributed by atoms with Crippen molar-refractivity contribution in [1.29, 1.82) is 0 Å².